The maximum Gasteiger partial charge on any atom is 0.212 e. The molecular weight excluding hydrogens is 180 g/mol. The summed E-state index contributed by atoms with van der Waals surface area (Å²) in [5, 5.41) is 8.39. The molecule has 5 heteroatoms. The van der Waals surface area contributed by atoms with Crippen molar-refractivity contribution >= 4 is 5.96 Å². The van der Waals surface area contributed by atoms with Crippen molar-refractivity contribution in [3.63, 3.8) is 0 Å². The van der Waals surface area contributed by atoms with Crippen molar-refractivity contribution in [2.75, 3.05) is 26.7 Å². The van der Waals surface area contributed by atoms with E-state index in [1.54, 1.807) is 0 Å². The molecule has 0 bridgehead atoms. The maximum absolute atomic E-state index is 8.39. The van der Waals surface area contributed by atoms with Gasteiger partial charge in [0.25, 0.3) is 0 Å². The standard InChI is InChI=1S/C9H20N4O/c1-13-6-3-8(4-7-13)2-5-11-9(10)12-14/h8,14H,2-7H2,1H3,(H3,10,11,12). The van der Waals surface area contributed by atoms with Crippen LogP contribution < -0.4 is 11.2 Å². The van der Waals surface area contributed by atoms with E-state index in [0.29, 0.717) is 6.54 Å². The lowest BCUT2D eigenvalue weighted by atomic mass is 9.94. The Morgan fingerprint density at radius 2 is 2.21 bits per heavy atom. The Balaban J connectivity index is 2.13. The lowest BCUT2D eigenvalue weighted by molar-refractivity contribution is 0.213. The number of nitrogens with two attached hydrogens (primary N) is 1. The summed E-state index contributed by atoms with van der Waals surface area (Å²) in [6.45, 7) is 3.07. The number of piperidine rings is 1. The number of rotatable bonds is 3. The number of nitrogens with zero attached hydrogens (tertiary/aromatic N) is 2. The molecule has 4 N–H and O–H groups in total. The summed E-state index contributed by atoms with van der Waals surface area (Å²) in [4.78, 5) is 6.33. The van der Waals surface area contributed by atoms with Crippen LogP contribution in [-0.2, 0) is 0 Å². The summed E-state index contributed by atoms with van der Waals surface area (Å²) in [6, 6.07) is 0. The Bertz CT molecular complexity index is 187. The van der Waals surface area contributed by atoms with Gasteiger partial charge in [-0.15, -0.1) is 0 Å². The molecule has 0 unspecified atom stereocenters. The summed E-state index contributed by atoms with van der Waals surface area (Å²) >= 11 is 0. The zero-order valence-corrected chi connectivity index (χ0v) is 8.74. The van der Waals surface area contributed by atoms with Crippen LogP contribution in [-0.4, -0.2) is 42.7 Å². The Morgan fingerprint density at radius 3 is 2.79 bits per heavy atom. The van der Waals surface area contributed by atoms with E-state index >= 15 is 0 Å². The molecule has 0 saturated carbocycles. The van der Waals surface area contributed by atoms with Gasteiger partial charge in [0.05, 0.1) is 0 Å². The molecule has 1 fully saturated rings. The van der Waals surface area contributed by atoms with Gasteiger partial charge in [-0.2, -0.15) is 0 Å². The second kappa shape index (κ2) is 5.82. The second-order valence-corrected chi connectivity index (χ2v) is 3.91. The molecule has 1 rings (SSSR count). The number of nitrogens with one attached hydrogen (secondary N) is 1. The molecule has 1 saturated heterocycles. The number of likely N-dealkylation sites (tertiary alicyclic amines) is 1. The quantitative estimate of drug-likeness (QED) is 0.341. The van der Waals surface area contributed by atoms with Gasteiger partial charge in [0, 0.05) is 6.54 Å². The van der Waals surface area contributed by atoms with Gasteiger partial charge in [-0.25, -0.2) is 5.48 Å². The number of guanidine groups is 1. The minimum Gasteiger partial charge on any atom is -0.368 e. The first-order valence-corrected chi connectivity index (χ1v) is 5.11. The van der Waals surface area contributed by atoms with Crippen molar-refractivity contribution in [2.24, 2.45) is 16.6 Å². The number of hydroxylamine groups is 1. The summed E-state index contributed by atoms with van der Waals surface area (Å²) < 4.78 is 0. The normalized spacial score (nSPS) is 21.1. The number of aliphatic imine (C=N–C) groups is 1. The Morgan fingerprint density at radius 1 is 1.57 bits per heavy atom. The highest BCUT2D eigenvalue weighted by atomic mass is 16.5. The zero-order valence-electron chi connectivity index (χ0n) is 8.74. The summed E-state index contributed by atoms with van der Waals surface area (Å²) in [5.41, 5.74) is 7.12. The van der Waals surface area contributed by atoms with Gasteiger partial charge in [-0.3, -0.25) is 10.2 Å². The van der Waals surface area contributed by atoms with E-state index in [4.69, 9.17) is 10.9 Å². The van der Waals surface area contributed by atoms with Crippen molar-refractivity contribution in [1.82, 2.24) is 10.4 Å². The second-order valence-electron chi connectivity index (χ2n) is 3.91. The third-order valence-electron chi connectivity index (χ3n) is 2.77. The molecule has 1 aliphatic heterocycles. The fourth-order valence-electron chi connectivity index (χ4n) is 1.75. The molecule has 82 valence electrons. The molecule has 0 aromatic heterocycles. The molecular formula is C9H20N4O. The van der Waals surface area contributed by atoms with Crippen molar-refractivity contribution in [3.05, 3.63) is 0 Å². The zero-order chi connectivity index (χ0) is 10.4. The molecule has 5 nitrogen and oxygen atoms in total. The highest BCUT2D eigenvalue weighted by Gasteiger charge is 2.15. The predicted octanol–water partition coefficient (Wildman–Crippen LogP) is 0.0118. The van der Waals surface area contributed by atoms with Crippen LogP contribution in [0.3, 0.4) is 0 Å². The average Bonchev–Trinajstić information content (AvgIpc) is 2.21. The molecule has 1 heterocycles. The minimum atomic E-state index is 0.109. The van der Waals surface area contributed by atoms with Crippen molar-refractivity contribution in [3.8, 4) is 0 Å². The third-order valence-corrected chi connectivity index (χ3v) is 2.77. The topological polar surface area (TPSA) is 73.9 Å². The Kier molecular flexibility index (Phi) is 4.69. The SMILES string of the molecule is CN1CCC(CCN=C(N)NO)CC1. The lowest BCUT2D eigenvalue weighted by Gasteiger charge is -2.28. The first-order valence-electron chi connectivity index (χ1n) is 5.11. The van der Waals surface area contributed by atoms with Crippen LogP contribution in [0, 0.1) is 5.92 Å². The molecule has 0 aromatic carbocycles. The molecule has 14 heavy (non-hydrogen) atoms. The molecule has 0 spiro atoms. The molecule has 0 amide bonds. The van der Waals surface area contributed by atoms with Gasteiger partial charge in [-0.1, -0.05) is 0 Å². The first kappa shape index (κ1) is 11.3. The van der Waals surface area contributed by atoms with Crippen LogP contribution in [0.2, 0.25) is 0 Å². The fraction of sp³-hybridized carbons (Fsp3) is 0.889. The highest BCUT2D eigenvalue weighted by molar-refractivity contribution is 5.76. The van der Waals surface area contributed by atoms with Crippen LogP contribution in [0.15, 0.2) is 4.99 Å². The molecule has 0 atom stereocenters. The van der Waals surface area contributed by atoms with E-state index in [9.17, 15) is 0 Å². The first-order chi connectivity index (χ1) is 6.72. The molecule has 0 radical (unpaired) electrons. The van der Waals surface area contributed by atoms with Crippen molar-refractivity contribution in [2.45, 2.75) is 19.3 Å². The van der Waals surface area contributed by atoms with Crippen LogP contribution >= 0.6 is 0 Å². The van der Waals surface area contributed by atoms with Crippen molar-refractivity contribution < 1.29 is 5.21 Å². The highest BCUT2D eigenvalue weighted by Crippen LogP contribution is 2.18. The predicted molar refractivity (Wildman–Crippen MR) is 56.2 cm³/mol. The monoisotopic (exact) mass is 200 g/mol. The largest absolute Gasteiger partial charge is 0.368 e. The summed E-state index contributed by atoms with van der Waals surface area (Å²) in [5.74, 6) is 0.874. The third kappa shape index (κ3) is 3.93. The summed E-state index contributed by atoms with van der Waals surface area (Å²) in [6.07, 6.45) is 3.56. The van der Waals surface area contributed by atoms with E-state index in [2.05, 4.69) is 16.9 Å². The lowest BCUT2D eigenvalue weighted by Crippen LogP contribution is -2.31. The van der Waals surface area contributed by atoms with E-state index in [-0.39, 0.29) is 5.96 Å². The smallest absolute Gasteiger partial charge is 0.212 e. The van der Waals surface area contributed by atoms with Gasteiger partial charge in [0.1, 0.15) is 0 Å². The maximum atomic E-state index is 8.39. The Labute approximate surface area is 84.9 Å². The van der Waals surface area contributed by atoms with E-state index in [1.165, 1.54) is 25.9 Å². The van der Waals surface area contributed by atoms with Gasteiger partial charge >= 0.3 is 0 Å². The summed E-state index contributed by atoms with van der Waals surface area (Å²) in [7, 11) is 2.15. The van der Waals surface area contributed by atoms with Crippen LogP contribution in [0.5, 0.6) is 0 Å². The molecule has 0 aliphatic carbocycles. The Hall–Kier alpha value is -0.810. The molecule has 1 aliphatic rings. The van der Waals surface area contributed by atoms with E-state index in [0.717, 1.165) is 12.3 Å². The van der Waals surface area contributed by atoms with Crippen LogP contribution in [0.4, 0.5) is 0 Å². The van der Waals surface area contributed by atoms with Gasteiger partial charge in [0.2, 0.25) is 5.96 Å². The van der Waals surface area contributed by atoms with E-state index in [1.807, 2.05) is 5.48 Å². The van der Waals surface area contributed by atoms with Gasteiger partial charge < -0.3 is 10.6 Å². The molecule has 0 aromatic rings. The average molecular weight is 200 g/mol. The van der Waals surface area contributed by atoms with Gasteiger partial charge in [0.15, 0.2) is 0 Å². The van der Waals surface area contributed by atoms with Crippen LogP contribution in [0.25, 0.3) is 0 Å². The fourth-order valence-corrected chi connectivity index (χ4v) is 1.75. The number of hydrogen-bond acceptors (Lipinski definition) is 3. The van der Waals surface area contributed by atoms with E-state index < -0.39 is 0 Å². The van der Waals surface area contributed by atoms with Crippen molar-refractivity contribution in [1.29, 1.82) is 0 Å². The van der Waals surface area contributed by atoms with Crippen LogP contribution in [0.1, 0.15) is 19.3 Å². The number of hydrogen-bond donors (Lipinski definition) is 3. The minimum absolute atomic E-state index is 0.109. The van der Waals surface area contributed by atoms with Gasteiger partial charge in [-0.05, 0) is 45.3 Å².